The summed E-state index contributed by atoms with van der Waals surface area (Å²) in [4.78, 5) is 0. The molecule has 2 heterocycles. The summed E-state index contributed by atoms with van der Waals surface area (Å²) in [5, 5.41) is 23.8. The molecule has 406 valence electrons. The lowest BCUT2D eigenvalue weighted by Gasteiger charge is -2.19. The van der Waals surface area contributed by atoms with Crippen LogP contribution in [0.1, 0.15) is 0 Å². The minimum atomic E-state index is 0.859. The summed E-state index contributed by atoms with van der Waals surface area (Å²) in [6.45, 7) is 0. The first-order valence-electron chi connectivity index (χ1n) is 30.4. The Morgan fingerprint density at radius 3 is 0.739 bits per heavy atom. The van der Waals surface area contributed by atoms with Crippen LogP contribution in [0, 0.1) is 0 Å². The summed E-state index contributed by atoms with van der Waals surface area (Å²) in [5.74, 6) is 0. The van der Waals surface area contributed by atoms with Gasteiger partial charge in [-0.1, -0.05) is 267 Å². The summed E-state index contributed by atoms with van der Waals surface area (Å²) >= 11 is 0. The second-order valence-electron chi connectivity index (χ2n) is 23.6. The van der Waals surface area contributed by atoms with Crippen LogP contribution in [-0.2, 0) is 0 Å². The molecular formula is C86H50O2. The molecule has 0 spiro atoms. The number of hydrogen-bond acceptors (Lipinski definition) is 2. The van der Waals surface area contributed by atoms with Crippen LogP contribution in [0.5, 0.6) is 0 Å². The third-order valence-electron chi connectivity index (χ3n) is 19.0. The minimum Gasteiger partial charge on any atom is -0.456 e. The molecular weight excluding hydrogens is 1060 g/mol. The van der Waals surface area contributed by atoms with Gasteiger partial charge in [-0.05, 0) is 189 Å². The van der Waals surface area contributed by atoms with Crippen molar-refractivity contribution < 1.29 is 8.83 Å². The third kappa shape index (κ3) is 7.06. The van der Waals surface area contributed by atoms with E-state index in [1.54, 1.807) is 0 Å². The van der Waals surface area contributed by atoms with Gasteiger partial charge in [-0.15, -0.1) is 0 Å². The number of fused-ring (bicyclic) bond motifs is 14. The zero-order valence-electron chi connectivity index (χ0n) is 47.7. The number of benzene rings is 17. The largest absolute Gasteiger partial charge is 0.456 e. The molecule has 0 aliphatic rings. The van der Waals surface area contributed by atoms with Crippen molar-refractivity contribution in [3.8, 4) is 66.8 Å². The lowest BCUT2D eigenvalue weighted by Crippen LogP contribution is -1.92. The smallest absolute Gasteiger partial charge is 0.136 e. The lowest BCUT2D eigenvalue weighted by atomic mass is 9.83. The van der Waals surface area contributed by atoms with Gasteiger partial charge in [0.05, 0.1) is 0 Å². The van der Waals surface area contributed by atoms with Crippen molar-refractivity contribution in [1.29, 1.82) is 0 Å². The Hall–Kier alpha value is -11.6. The van der Waals surface area contributed by atoms with Crippen molar-refractivity contribution in [2.75, 3.05) is 0 Å². The Labute approximate surface area is 506 Å². The van der Waals surface area contributed by atoms with Gasteiger partial charge in [0.1, 0.15) is 22.3 Å². The molecule has 2 aromatic heterocycles. The molecule has 0 saturated carbocycles. The van der Waals surface area contributed by atoms with Crippen molar-refractivity contribution in [2.45, 2.75) is 0 Å². The van der Waals surface area contributed by atoms with E-state index in [9.17, 15) is 0 Å². The van der Waals surface area contributed by atoms with Gasteiger partial charge >= 0.3 is 0 Å². The molecule has 0 aliphatic heterocycles. The maximum Gasteiger partial charge on any atom is 0.136 e. The van der Waals surface area contributed by atoms with Gasteiger partial charge in [0.2, 0.25) is 0 Å². The molecule has 0 radical (unpaired) electrons. The van der Waals surface area contributed by atoms with Crippen molar-refractivity contribution in [1.82, 2.24) is 0 Å². The minimum absolute atomic E-state index is 0.859. The van der Waals surface area contributed by atoms with Gasteiger partial charge in [0.25, 0.3) is 0 Å². The molecule has 0 amide bonds. The van der Waals surface area contributed by atoms with Crippen LogP contribution in [0.2, 0.25) is 0 Å². The first kappa shape index (κ1) is 48.8. The normalized spacial score (nSPS) is 12.1. The highest BCUT2D eigenvalue weighted by atomic mass is 16.3. The Kier molecular flexibility index (Phi) is 10.5. The van der Waals surface area contributed by atoms with Crippen molar-refractivity contribution in [3.63, 3.8) is 0 Å². The van der Waals surface area contributed by atoms with Gasteiger partial charge in [-0.2, -0.15) is 0 Å². The summed E-state index contributed by atoms with van der Waals surface area (Å²) in [7, 11) is 0. The summed E-state index contributed by atoms with van der Waals surface area (Å²) < 4.78 is 14.1. The van der Waals surface area contributed by atoms with Crippen molar-refractivity contribution in [2.24, 2.45) is 0 Å². The van der Waals surface area contributed by atoms with Gasteiger partial charge in [-0.3, -0.25) is 0 Å². The van der Waals surface area contributed by atoms with E-state index in [0.29, 0.717) is 0 Å². The molecule has 88 heavy (non-hydrogen) atoms. The fourth-order valence-electron chi connectivity index (χ4n) is 15.4. The fraction of sp³-hybridized carbons (Fsp3) is 0. The second-order valence-corrected chi connectivity index (χ2v) is 23.6. The number of rotatable bonds is 6. The Morgan fingerprint density at radius 1 is 0.159 bits per heavy atom. The molecule has 19 rings (SSSR count). The molecule has 0 N–H and O–H groups in total. The lowest BCUT2D eigenvalue weighted by molar-refractivity contribution is 0.669. The summed E-state index contributed by atoms with van der Waals surface area (Å²) in [6.07, 6.45) is 0. The molecule has 0 aliphatic carbocycles. The first-order chi connectivity index (χ1) is 43.7. The van der Waals surface area contributed by atoms with E-state index in [-0.39, 0.29) is 0 Å². The predicted octanol–water partition coefficient (Wildman–Crippen LogP) is 24.7. The van der Waals surface area contributed by atoms with Crippen LogP contribution in [0.25, 0.3) is 197 Å². The highest BCUT2D eigenvalue weighted by molar-refractivity contribution is 6.30. The van der Waals surface area contributed by atoms with E-state index >= 15 is 0 Å². The van der Waals surface area contributed by atoms with E-state index in [4.69, 9.17) is 8.83 Å². The van der Waals surface area contributed by atoms with Gasteiger partial charge in [0.15, 0.2) is 0 Å². The molecule has 0 unspecified atom stereocenters. The van der Waals surface area contributed by atoms with E-state index < -0.39 is 0 Å². The van der Waals surface area contributed by atoms with Crippen LogP contribution in [0.3, 0.4) is 0 Å². The van der Waals surface area contributed by atoms with Crippen LogP contribution in [-0.4, -0.2) is 0 Å². The summed E-state index contributed by atoms with van der Waals surface area (Å²) in [5.41, 5.74) is 17.7. The average molecular weight is 1120 g/mol. The highest BCUT2D eigenvalue weighted by Crippen LogP contribution is 2.52. The van der Waals surface area contributed by atoms with Crippen LogP contribution in [0.4, 0.5) is 0 Å². The maximum atomic E-state index is 7.05. The van der Waals surface area contributed by atoms with Gasteiger partial charge < -0.3 is 8.83 Å². The molecule has 17 aromatic carbocycles. The van der Waals surface area contributed by atoms with Gasteiger partial charge in [0, 0.05) is 21.5 Å². The van der Waals surface area contributed by atoms with Crippen molar-refractivity contribution in [3.05, 3.63) is 303 Å². The quantitative estimate of drug-likeness (QED) is 0.155. The molecule has 2 heteroatoms. The first-order valence-corrected chi connectivity index (χ1v) is 30.4. The zero-order valence-corrected chi connectivity index (χ0v) is 47.7. The molecule has 19 aromatic rings. The van der Waals surface area contributed by atoms with Crippen LogP contribution in [0.15, 0.2) is 312 Å². The topological polar surface area (TPSA) is 26.3 Å². The van der Waals surface area contributed by atoms with Crippen LogP contribution < -0.4 is 0 Å². The zero-order chi connectivity index (χ0) is 57.6. The maximum absolute atomic E-state index is 7.05. The molecule has 0 bridgehead atoms. The SMILES string of the molecule is c1ccc2c(-c3c4ccccc4c(-c4ccc5c(c4)oc4cccc(-c6c7ccccc7c(-c7cccc8oc9cc(-c%10c%11ccccc%11c(-c%11cccc%12ccccc%11%12)c%11ccccc%10%11)ccc9c78)c7ccccc67)c45)c4ccccc34)cccc2c1. The Balaban J connectivity index is 0.777. The predicted molar refractivity (Wildman–Crippen MR) is 374 cm³/mol. The molecule has 0 fully saturated rings. The fourth-order valence-corrected chi connectivity index (χ4v) is 15.4. The number of hydrogen-bond donors (Lipinski definition) is 0. The van der Waals surface area contributed by atoms with Gasteiger partial charge in [-0.25, -0.2) is 0 Å². The highest BCUT2D eigenvalue weighted by Gasteiger charge is 2.26. The molecule has 0 saturated heterocycles. The summed E-state index contributed by atoms with van der Waals surface area (Å²) in [6, 6.07) is 111. The standard InChI is InChI=1S/C86H50O2/c1-3-25-55-51(21-1)23-17-39-57(55)81-63-31-9-5-27-59(63)79(60-28-6-10-32-64(60)81)53-45-47-71-77(49-53)87-75-43-19-41-73(85(71)75)83-67-35-13-15-37-69(67)84(70-38-16-14-36-68(70)83)74-42-20-44-76-86(74)72-48-46-54(50-78(72)88-76)80-61-29-7-11-33-65(61)82(66-34-12-8-30-62(66)80)58-40-18-24-52-22-2-4-26-56(52)58/h1-50H. The van der Waals surface area contributed by atoms with E-state index in [2.05, 4.69) is 303 Å². The molecule has 2 nitrogen and oxygen atoms in total. The Bertz CT molecular complexity index is 5630. The van der Waals surface area contributed by atoms with E-state index in [1.165, 1.54) is 131 Å². The Morgan fingerprint density at radius 2 is 0.409 bits per heavy atom. The van der Waals surface area contributed by atoms with E-state index in [1.807, 2.05) is 0 Å². The van der Waals surface area contributed by atoms with Crippen LogP contribution >= 0.6 is 0 Å². The van der Waals surface area contributed by atoms with E-state index in [0.717, 1.165) is 66.1 Å². The average Bonchev–Trinajstić information content (AvgIpc) is 1.28. The number of furan rings is 2. The third-order valence-corrected chi connectivity index (χ3v) is 19.0. The molecule has 0 atom stereocenters. The second kappa shape index (κ2) is 19.0. The monoisotopic (exact) mass is 1110 g/mol. The van der Waals surface area contributed by atoms with Crippen molar-refractivity contribution >= 4 is 130 Å².